The third kappa shape index (κ3) is 5.09. The van der Waals surface area contributed by atoms with Gasteiger partial charge in [-0.05, 0) is 24.3 Å². The number of carbonyl (C=O) groups excluding carboxylic acids is 1. The fourth-order valence-corrected chi connectivity index (χ4v) is 3.83. The molecule has 0 bridgehead atoms. The standard InChI is InChI=1S/C22H18F2N4O3S/c1-25-20(29)17-10-15(8-9-26-17)30-14-6-7-16-19(11-14)32-22(28-16)27-12-13-4-2-3-5-18(13)31-21(23)24/h2-11,21H,12H2,1H3,(H,25,29)(H,27,28). The number of carbonyl (C=O) groups is 1. The zero-order valence-corrected chi connectivity index (χ0v) is 17.7. The highest BCUT2D eigenvalue weighted by Gasteiger charge is 2.11. The molecule has 0 spiro atoms. The van der Waals surface area contributed by atoms with Gasteiger partial charge in [-0.25, -0.2) is 4.98 Å². The largest absolute Gasteiger partial charge is 0.457 e. The highest BCUT2D eigenvalue weighted by molar-refractivity contribution is 7.22. The first kappa shape index (κ1) is 21.4. The molecule has 4 aromatic rings. The second-order valence-electron chi connectivity index (χ2n) is 6.55. The summed E-state index contributed by atoms with van der Waals surface area (Å²) in [5.74, 6) is 0.888. The van der Waals surface area contributed by atoms with Gasteiger partial charge >= 0.3 is 6.61 Å². The van der Waals surface area contributed by atoms with E-state index in [1.54, 1.807) is 36.4 Å². The van der Waals surface area contributed by atoms with Gasteiger partial charge in [0.25, 0.3) is 5.91 Å². The number of halogens is 2. The van der Waals surface area contributed by atoms with E-state index in [9.17, 15) is 13.6 Å². The number of ether oxygens (including phenoxy) is 2. The normalized spacial score (nSPS) is 10.9. The van der Waals surface area contributed by atoms with Gasteiger partial charge in [-0.3, -0.25) is 9.78 Å². The van der Waals surface area contributed by atoms with Crippen LogP contribution < -0.4 is 20.1 Å². The molecule has 2 heterocycles. The molecule has 1 amide bonds. The van der Waals surface area contributed by atoms with Gasteiger partial charge in [0.1, 0.15) is 22.9 Å². The first-order valence-electron chi connectivity index (χ1n) is 9.55. The number of pyridine rings is 1. The van der Waals surface area contributed by atoms with Gasteiger partial charge in [0.05, 0.1) is 10.2 Å². The van der Waals surface area contributed by atoms with Crippen molar-refractivity contribution in [1.82, 2.24) is 15.3 Å². The van der Waals surface area contributed by atoms with E-state index in [1.807, 2.05) is 12.1 Å². The first-order valence-corrected chi connectivity index (χ1v) is 10.4. The molecule has 0 unspecified atom stereocenters. The molecule has 2 aromatic carbocycles. The highest BCUT2D eigenvalue weighted by atomic mass is 32.1. The Morgan fingerprint density at radius 1 is 1.12 bits per heavy atom. The SMILES string of the molecule is CNC(=O)c1cc(Oc2ccc3nc(NCc4ccccc4OC(F)F)sc3c2)ccn1. The van der Waals surface area contributed by atoms with Crippen molar-refractivity contribution >= 4 is 32.6 Å². The summed E-state index contributed by atoms with van der Waals surface area (Å²) in [5, 5.41) is 6.30. The zero-order valence-electron chi connectivity index (χ0n) is 16.8. The van der Waals surface area contributed by atoms with E-state index in [0.29, 0.717) is 22.2 Å². The van der Waals surface area contributed by atoms with E-state index in [2.05, 4.69) is 25.3 Å². The number of hydrogen-bond acceptors (Lipinski definition) is 7. The molecule has 4 rings (SSSR count). The number of nitrogens with zero attached hydrogens (tertiary/aromatic N) is 2. The maximum absolute atomic E-state index is 12.6. The molecule has 32 heavy (non-hydrogen) atoms. The van der Waals surface area contributed by atoms with Crippen LogP contribution in [0.3, 0.4) is 0 Å². The average Bonchev–Trinajstić information content (AvgIpc) is 3.20. The van der Waals surface area contributed by atoms with E-state index in [1.165, 1.54) is 30.6 Å². The van der Waals surface area contributed by atoms with E-state index >= 15 is 0 Å². The van der Waals surface area contributed by atoms with Crippen LogP contribution in [0, 0.1) is 0 Å². The lowest BCUT2D eigenvalue weighted by atomic mass is 10.2. The summed E-state index contributed by atoms with van der Waals surface area (Å²) in [4.78, 5) is 20.3. The van der Waals surface area contributed by atoms with E-state index < -0.39 is 6.61 Å². The molecule has 0 fully saturated rings. The van der Waals surface area contributed by atoms with Gasteiger partial charge in [0.2, 0.25) is 0 Å². The van der Waals surface area contributed by atoms with Gasteiger partial charge in [0, 0.05) is 37.5 Å². The average molecular weight is 456 g/mol. The van der Waals surface area contributed by atoms with Crippen LogP contribution in [0.1, 0.15) is 16.1 Å². The van der Waals surface area contributed by atoms with E-state index in [-0.39, 0.29) is 23.9 Å². The van der Waals surface area contributed by atoms with Gasteiger partial charge in [0.15, 0.2) is 5.13 Å². The van der Waals surface area contributed by atoms with Gasteiger partial charge in [-0.15, -0.1) is 0 Å². The van der Waals surface area contributed by atoms with Crippen molar-refractivity contribution < 1.29 is 23.0 Å². The summed E-state index contributed by atoms with van der Waals surface area (Å²) >= 11 is 1.41. The monoisotopic (exact) mass is 456 g/mol. The van der Waals surface area contributed by atoms with Crippen LogP contribution in [0.25, 0.3) is 10.2 Å². The number of nitrogens with one attached hydrogen (secondary N) is 2. The highest BCUT2D eigenvalue weighted by Crippen LogP contribution is 2.32. The summed E-state index contributed by atoms with van der Waals surface area (Å²) in [5.41, 5.74) is 1.62. The van der Waals surface area contributed by atoms with Crippen molar-refractivity contribution in [2.75, 3.05) is 12.4 Å². The minimum atomic E-state index is -2.88. The van der Waals surface area contributed by atoms with E-state index in [4.69, 9.17) is 4.74 Å². The molecule has 0 aliphatic heterocycles. The fourth-order valence-electron chi connectivity index (χ4n) is 2.94. The van der Waals surface area contributed by atoms with Crippen LogP contribution in [0.15, 0.2) is 60.8 Å². The smallest absolute Gasteiger partial charge is 0.387 e. The second-order valence-corrected chi connectivity index (χ2v) is 7.58. The number of rotatable bonds is 8. The minimum absolute atomic E-state index is 0.125. The summed E-state index contributed by atoms with van der Waals surface area (Å²) < 4.78 is 36.5. The molecule has 0 radical (unpaired) electrons. The van der Waals surface area contributed by atoms with Crippen LogP contribution in [-0.2, 0) is 6.54 Å². The van der Waals surface area contributed by atoms with Crippen molar-refractivity contribution in [3.8, 4) is 17.2 Å². The van der Waals surface area contributed by atoms with Crippen molar-refractivity contribution in [2.45, 2.75) is 13.2 Å². The van der Waals surface area contributed by atoms with Gasteiger partial charge in [-0.1, -0.05) is 29.5 Å². The topological polar surface area (TPSA) is 85.4 Å². The second kappa shape index (κ2) is 9.56. The van der Waals surface area contributed by atoms with Crippen LogP contribution >= 0.6 is 11.3 Å². The predicted molar refractivity (Wildman–Crippen MR) is 118 cm³/mol. The van der Waals surface area contributed by atoms with Crippen molar-refractivity contribution in [3.63, 3.8) is 0 Å². The Hall–Kier alpha value is -3.79. The molecule has 2 N–H and O–H groups in total. The molecule has 0 aliphatic rings. The number of fused-ring (bicyclic) bond motifs is 1. The van der Waals surface area contributed by atoms with Crippen LogP contribution in [0.5, 0.6) is 17.2 Å². The molecule has 10 heteroatoms. The van der Waals surface area contributed by atoms with Crippen molar-refractivity contribution in [2.24, 2.45) is 0 Å². The Labute approximate surface area is 186 Å². The Morgan fingerprint density at radius 3 is 2.75 bits per heavy atom. The van der Waals surface area contributed by atoms with Gasteiger partial charge in [-0.2, -0.15) is 8.78 Å². The number of para-hydroxylation sites is 1. The Balaban J connectivity index is 1.48. The van der Waals surface area contributed by atoms with Crippen LogP contribution in [-0.4, -0.2) is 29.5 Å². The Bertz CT molecular complexity index is 1250. The fraction of sp³-hybridized carbons (Fsp3) is 0.136. The molecule has 7 nitrogen and oxygen atoms in total. The third-order valence-corrected chi connectivity index (χ3v) is 5.38. The van der Waals surface area contributed by atoms with Crippen LogP contribution in [0.2, 0.25) is 0 Å². The molecular weight excluding hydrogens is 438 g/mol. The maximum Gasteiger partial charge on any atom is 0.387 e. The van der Waals surface area contributed by atoms with Crippen LogP contribution in [0.4, 0.5) is 13.9 Å². The molecule has 0 saturated heterocycles. The molecule has 0 aliphatic carbocycles. The number of amides is 1. The van der Waals surface area contributed by atoms with E-state index in [0.717, 1.165) is 10.2 Å². The Kier molecular flexibility index (Phi) is 6.41. The lowest BCUT2D eigenvalue weighted by Crippen LogP contribution is -2.18. The van der Waals surface area contributed by atoms with Crippen molar-refractivity contribution in [1.29, 1.82) is 0 Å². The predicted octanol–water partition coefficient (Wildman–Crippen LogP) is 5.06. The third-order valence-electron chi connectivity index (χ3n) is 4.41. The quantitative estimate of drug-likeness (QED) is 0.386. The zero-order chi connectivity index (χ0) is 22.5. The maximum atomic E-state index is 12.6. The number of anilines is 1. The summed E-state index contributed by atoms with van der Waals surface area (Å²) in [7, 11) is 1.53. The summed E-state index contributed by atoms with van der Waals surface area (Å²) in [6.45, 7) is -2.60. The Morgan fingerprint density at radius 2 is 1.94 bits per heavy atom. The molecule has 0 saturated carbocycles. The number of thiazole rings is 1. The number of hydrogen-bond donors (Lipinski definition) is 2. The first-order chi connectivity index (χ1) is 15.5. The summed E-state index contributed by atoms with van der Waals surface area (Å²) in [6.07, 6.45) is 1.50. The van der Waals surface area contributed by atoms with Gasteiger partial charge < -0.3 is 20.1 Å². The lowest BCUT2D eigenvalue weighted by Gasteiger charge is -2.10. The molecule has 0 atom stereocenters. The number of aromatic nitrogens is 2. The number of benzene rings is 2. The molecule has 164 valence electrons. The van der Waals surface area contributed by atoms with Crippen molar-refractivity contribution in [3.05, 3.63) is 72.1 Å². The number of alkyl halides is 2. The lowest BCUT2D eigenvalue weighted by molar-refractivity contribution is -0.0504. The summed E-state index contributed by atoms with van der Waals surface area (Å²) in [6, 6.07) is 15.3. The minimum Gasteiger partial charge on any atom is -0.457 e. The molecule has 2 aromatic heterocycles. The molecular formula is C22H18F2N4O3S.